The maximum Gasteiger partial charge on any atom is 0.295 e. The summed E-state index contributed by atoms with van der Waals surface area (Å²) < 4.78 is 51.6. The second kappa shape index (κ2) is 8.05. The molecule has 0 aliphatic heterocycles. The van der Waals surface area contributed by atoms with Crippen molar-refractivity contribution in [3.63, 3.8) is 0 Å². The number of benzene rings is 1. The van der Waals surface area contributed by atoms with Crippen LogP contribution >= 0.6 is 0 Å². The van der Waals surface area contributed by atoms with Crippen molar-refractivity contribution in [2.75, 3.05) is 16.9 Å². The topological polar surface area (TPSA) is 117 Å². The molecule has 174 valence electrons. The Labute approximate surface area is 189 Å². The number of aromatic nitrogens is 3. The molecule has 0 unspecified atom stereocenters. The van der Waals surface area contributed by atoms with Crippen LogP contribution in [0.5, 0.6) is 0 Å². The van der Waals surface area contributed by atoms with Gasteiger partial charge in [0.2, 0.25) is 5.91 Å². The van der Waals surface area contributed by atoms with Gasteiger partial charge < -0.3 is 15.6 Å². The molecule has 2 aromatic heterocycles. The molecule has 0 saturated heterocycles. The van der Waals surface area contributed by atoms with E-state index in [0.717, 1.165) is 43.9 Å². The standard InChI is InChI=1S/C22H23F2N5O3S/c1-33(31,32)16-9-13(11-3-2-4-11)7-8-14(16)25-15-10-17(27-22(30)12-5-6-12)26-20-18(15)28-21(29-20)19(23)24/h7-12,19H,2-6H2,1H3,(H3,25,26,27,28,29,30). The molecule has 2 heterocycles. The highest BCUT2D eigenvalue weighted by Crippen LogP contribution is 2.39. The number of nitrogens with one attached hydrogen (secondary N) is 3. The van der Waals surface area contributed by atoms with E-state index in [4.69, 9.17) is 0 Å². The third-order valence-electron chi connectivity index (χ3n) is 6.13. The van der Waals surface area contributed by atoms with Gasteiger partial charge in [-0.2, -0.15) is 0 Å². The van der Waals surface area contributed by atoms with E-state index in [0.29, 0.717) is 11.6 Å². The van der Waals surface area contributed by atoms with E-state index in [1.807, 2.05) is 6.07 Å². The van der Waals surface area contributed by atoms with Crippen molar-refractivity contribution >= 4 is 44.1 Å². The van der Waals surface area contributed by atoms with Crippen molar-refractivity contribution in [1.29, 1.82) is 0 Å². The van der Waals surface area contributed by atoms with Gasteiger partial charge in [-0.15, -0.1) is 0 Å². The Bertz CT molecular complexity index is 1350. The molecular formula is C22H23F2N5O3S. The second-order valence-electron chi connectivity index (χ2n) is 8.72. The van der Waals surface area contributed by atoms with Crippen LogP contribution < -0.4 is 10.6 Å². The molecule has 1 aromatic carbocycles. The first-order chi connectivity index (χ1) is 15.7. The summed E-state index contributed by atoms with van der Waals surface area (Å²) >= 11 is 0. The van der Waals surface area contributed by atoms with Crippen LogP contribution in [0.1, 0.15) is 55.8 Å². The maximum absolute atomic E-state index is 13.3. The molecule has 0 atom stereocenters. The Kier molecular flexibility index (Phi) is 5.31. The van der Waals surface area contributed by atoms with E-state index in [1.54, 1.807) is 12.1 Å². The zero-order valence-electron chi connectivity index (χ0n) is 17.9. The number of amides is 1. The summed E-state index contributed by atoms with van der Waals surface area (Å²) in [5.74, 6) is -0.319. The summed E-state index contributed by atoms with van der Waals surface area (Å²) in [5.41, 5.74) is 1.71. The van der Waals surface area contributed by atoms with Crippen LogP contribution in [0.25, 0.3) is 11.2 Å². The lowest BCUT2D eigenvalue weighted by Gasteiger charge is -2.26. The van der Waals surface area contributed by atoms with Crippen LogP contribution in [0.3, 0.4) is 0 Å². The van der Waals surface area contributed by atoms with E-state index in [9.17, 15) is 22.0 Å². The Hall–Kier alpha value is -3.08. The smallest absolute Gasteiger partial charge is 0.295 e. The first-order valence-corrected chi connectivity index (χ1v) is 12.7. The number of carbonyl (C=O) groups excluding carboxylic acids is 1. The molecule has 2 fully saturated rings. The van der Waals surface area contributed by atoms with Gasteiger partial charge in [-0.1, -0.05) is 12.5 Å². The predicted octanol–water partition coefficient (Wildman–Crippen LogP) is 4.66. The highest BCUT2D eigenvalue weighted by atomic mass is 32.2. The number of rotatable bonds is 7. The van der Waals surface area contributed by atoms with Gasteiger partial charge in [-0.3, -0.25) is 4.79 Å². The SMILES string of the molecule is CS(=O)(=O)c1cc(C2CCC2)ccc1Nc1cc(NC(=O)C2CC2)nc2[nH]c(C(F)F)nc12. The fraction of sp³-hybridized carbons (Fsp3) is 0.409. The number of anilines is 3. The Morgan fingerprint density at radius 3 is 2.48 bits per heavy atom. The fourth-order valence-corrected chi connectivity index (χ4v) is 4.80. The molecule has 33 heavy (non-hydrogen) atoms. The van der Waals surface area contributed by atoms with Gasteiger partial charge in [0.05, 0.1) is 16.3 Å². The number of imidazole rings is 1. The van der Waals surface area contributed by atoms with E-state index in [-0.39, 0.29) is 39.4 Å². The van der Waals surface area contributed by atoms with E-state index >= 15 is 0 Å². The maximum atomic E-state index is 13.3. The van der Waals surface area contributed by atoms with Crippen molar-refractivity contribution in [3.05, 3.63) is 35.7 Å². The summed E-state index contributed by atoms with van der Waals surface area (Å²) in [7, 11) is -3.58. The fourth-order valence-electron chi connectivity index (χ4n) is 3.93. The third kappa shape index (κ3) is 4.41. The lowest BCUT2D eigenvalue weighted by molar-refractivity contribution is -0.117. The zero-order valence-corrected chi connectivity index (χ0v) is 18.7. The highest BCUT2D eigenvalue weighted by molar-refractivity contribution is 7.90. The number of H-pyrrole nitrogens is 1. The molecular weight excluding hydrogens is 452 g/mol. The molecule has 0 bridgehead atoms. The summed E-state index contributed by atoms with van der Waals surface area (Å²) in [5, 5.41) is 5.74. The van der Waals surface area contributed by atoms with Crippen LogP contribution in [0.4, 0.5) is 26.0 Å². The number of halogens is 2. The molecule has 8 nitrogen and oxygen atoms in total. The number of carbonyl (C=O) groups is 1. The highest BCUT2D eigenvalue weighted by Gasteiger charge is 2.30. The van der Waals surface area contributed by atoms with Crippen molar-refractivity contribution in [3.8, 4) is 0 Å². The Morgan fingerprint density at radius 2 is 1.88 bits per heavy atom. The first kappa shape index (κ1) is 21.7. The second-order valence-corrected chi connectivity index (χ2v) is 10.7. The molecule has 1 amide bonds. The Balaban J connectivity index is 1.57. The number of pyridine rings is 1. The molecule has 3 N–H and O–H groups in total. The van der Waals surface area contributed by atoms with E-state index in [1.165, 1.54) is 6.07 Å². The minimum absolute atomic E-state index is 0.0633. The van der Waals surface area contributed by atoms with E-state index in [2.05, 4.69) is 25.6 Å². The molecule has 2 saturated carbocycles. The summed E-state index contributed by atoms with van der Waals surface area (Å²) in [6, 6.07) is 6.71. The van der Waals surface area contributed by atoms with Gasteiger partial charge in [-0.25, -0.2) is 27.2 Å². The van der Waals surface area contributed by atoms with Gasteiger partial charge in [0.1, 0.15) is 11.3 Å². The number of hydrogen-bond acceptors (Lipinski definition) is 6. The number of fused-ring (bicyclic) bond motifs is 1. The molecule has 0 spiro atoms. The molecule has 3 aromatic rings. The molecule has 11 heteroatoms. The zero-order chi connectivity index (χ0) is 23.3. The summed E-state index contributed by atoms with van der Waals surface area (Å²) in [4.78, 5) is 23.0. The lowest BCUT2D eigenvalue weighted by Crippen LogP contribution is -2.14. The quantitative estimate of drug-likeness (QED) is 0.458. The summed E-state index contributed by atoms with van der Waals surface area (Å²) in [6.07, 6.45) is 3.04. The van der Waals surface area contributed by atoms with Crippen molar-refractivity contribution in [1.82, 2.24) is 15.0 Å². The number of hydrogen-bond donors (Lipinski definition) is 3. The van der Waals surface area contributed by atoms with Crippen molar-refractivity contribution in [2.24, 2.45) is 5.92 Å². The third-order valence-corrected chi connectivity index (χ3v) is 7.27. The van der Waals surface area contributed by atoms with Crippen molar-refractivity contribution in [2.45, 2.75) is 49.3 Å². The average molecular weight is 476 g/mol. The number of sulfone groups is 1. The molecule has 2 aliphatic rings. The first-order valence-electron chi connectivity index (χ1n) is 10.8. The monoisotopic (exact) mass is 475 g/mol. The van der Waals surface area contributed by atoms with Crippen LogP contribution in [-0.2, 0) is 14.6 Å². The van der Waals surface area contributed by atoms with E-state index < -0.39 is 22.1 Å². The lowest BCUT2D eigenvalue weighted by atomic mass is 9.80. The van der Waals surface area contributed by atoms with Crippen LogP contribution in [0, 0.1) is 5.92 Å². The molecule has 0 radical (unpaired) electrons. The van der Waals surface area contributed by atoms with Crippen LogP contribution in [0.2, 0.25) is 0 Å². The minimum Gasteiger partial charge on any atom is -0.352 e. The van der Waals surface area contributed by atoms with Crippen LogP contribution in [-0.4, -0.2) is 35.5 Å². The van der Waals surface area contributed by atoms with Gasteiger partial charge in [0, 0.05) is 18.2 Å². The van der Waals surface area contributed by atoms with Gasteiger partial charge in [0.15, 0.2) is 21.3 Å². The van der Waals surface area contributed by atoms with Crippen molar-refractivity contribution < 1.29 is 22.0 Å². The summed E-state index contributed by atoms with van der Waals surface area (Å²) in [6.45, 7) is 0. The predicted molar refractivity (Wildman–Crippen MR) is 120 cm³/mol. The Morgan fingerprint density at radius 1 is 1.12 bits per heavy atom. The molecule has 2 aliphatic carbocycles. The average Bonchev–Trinajstić information content (AvgIpc) is 3.46. The number of alkyl halides is 2. The largest absolute Gasteiger partial charge is 0.352 e. The number of aromatic amines is 1. The van der Waals surface area contributed by atoms with Gasteiger partial charge in [-0.05, 0) is 49.3 Å². The number of nitrogens with zero attached hydrogens (tertiary/aromatic N) is 2. The molecule has 5 rings (SSSR count). The van der Waals surface area contributed by atoms with Gasteiger partial charge in [0.25, 0.3) is 6.43 Å². The normalized spacial score (nSPS) is 16.7. The van der Waals surface area contributed by atoms with Crippen LogP contribution in [0.15, 0.2) is 29.2 Å². The minimum atomic E-state index is -3.58. The van der Waals surface area contributed by atoms with Gasteiger partial charge >= 0.3 is 0 Å².